The summed E-state index contributed by atoms with van der Waals surface area (Å²) in [6.07, 6.45) is 5.11. The van der Waals surface area contributed by atoms with Crippen molar-refractivity contribution in [1.29, 1.82) is 0 Å². The maximum Gasteiger partial charge on any atom is 0.245 e. The minimum atomic E-state index is -0.109. The highest BCUT2D eigenvalue weighted by Gasteiger charge is 2.32. The van der Waals surface area contributed by atoms with Crippen LogP contribution in [0.1, 0.15) is 11.9 Å². The van der Waals surface area contributed by atoms with Crippen molar-refractivity contribution in [2.24, 2.45) is 0 Å². The molecule has 1 amide bonds. The van der Waals surface area contributed by atoms with E-state index >= 15 is 0 Å². The molecule has 1 saturated heterocycles. The highest BCUT2D eigenvalue weighted by molar-refractivity contribution is 5.76. The summed E-state index contributed by atoms with van der Waals surface area (Å²) in [4.78, 5) is 24.9. The lowest BCUT2D eigenvalue weighted by atomic mass is 10.1. The number of piperazine rings is 1. The first kappa shape index (κ1) is 16.5. The highest BCUT2D eigenvalue weighted by Crippen LogP contribution is 2.25. The molecule has 0 bridgehead atoms. The van der Waals surface area contributed by atoms with E-state index in [2.05, 4.69) is 32.2 Å². The number of carbonyl (C=O) groups excluding carboxylic acids is 1. The first-order valence-corrected chi connectivity index (χ1v) is 8.63. The van der Waals surface area contributed by atoms with Gasteiger partial charge in [-0.25, -0.2) is 9.67 Å². The Labute approximate surface area is 151 Å². The van der Waals surface area contributed by atoms with E-state index in [1.54, 1.807) is 17.1 Å². The second kappa shape index (κ2) is 7.09. The topological polar surface area (TPSA) is 82.9 Å². The molecule has 8 heteroatoms. The molecule has 1 aliphatic heterocycles. The van der Waals surface area contributed by atoms with Crippen LogP contribution in [-0.2, 0) is 11.3 Å². The second-order valence-electron chi connectivity index (χ2n) is 6.51. The predicted molar refractivity (Wildman–Crippen MR) is 96.0 cm³/mol. The van der Waals surface area contributed by atoms with E-state index in [1.807, 2.05) is 41.4 Å². The lowest BCUT2D eigenvalue weighted by Gasteiger charge is -2.39. The van der Waals surface area contributed by atoms with Crippen LogP contribution in [0.5, 0.6) is 0 Å². The standard InChI is InChI=1S/C18H21N7O/c1-23-9-10-25(17(26)13-24-8-7-20-22-24)16(12-23)18-19-11-15(21-18)14-5-3-2-4-6-14/h2-8,11,16H,9-10,12-13H2,1H3,(H,19,21). The Morgan fingerprint density at radius 1 is 1.27 bits per heavy atom. The van der Waals surface area contributed by atoms with Gasteiger partial charge in [0.1, 0.15) is 18.4 Å². The van der Waals surface area contributed by atoms with Crippen LogP contribution in [0.2, 0.25) is 0 Å². The molecular weight excluding hydrogens is 330 g/mol. The molecule has 0 aliphatic carbocycles. The molecule has 26 heavy (non-hydrogen) atoms. The number of aromatic nitrogens is 5. The van der Waals surface area contributed by atoms with Gasteiger partial charge in [0, 0.05) is 25.8 Å². The number of nitrogens with zero attached hydrogens (tertiary/aromatic N) is 6. The van der Waals surface area contributed by atoms with Crippen LogP contribution in [0.25, 0.3) is 11.3 Å². The summed E-state index contributed by atoms with van der Waals surface area (Å²) in [6.45, 7) is 2.43. The van der Waals surface area contributed by atoms with Crippen LogP contribution in [0.3, 0.4) is 0 Å². The minimum absolute atomic E-state index is 0.0197. The van der Waals surface area contributed by atoms with Crippen LogP contribution in [0.15, 0.2) is 48.9 Å². The fourth-order valence-corrected chi connectivity index (χ4v) is 3.27. The molecule has 2 aromatic heterocycles. The molecular formula is C18H21N7O. The van der Waals surface area contributed by atoms with Gasteiger partial charge in [-0.3, -0.25) is 4.79 Å². The average molecular weight is 351 g/mol. The molecule has 0 saturated carbocycles. The number of likely N-dealkylation sites (N-methyl/N-ethyl adjacent to an activating group) is 1. The van der Waals surface area contributed by atoms with Gasteiger partial charge in [0.05, 0.1) is 18.1 Å². The fraction of sp³-hybridized carbons (Fsp3) is 0.333. The summed E-state index contributed by atoms with van der Waals surface area (Å²) in [5, 5.41) is 7.65. The van der Waals surface area contributed by atoms with Gasteiger partial charge in [0.25, 0.3) is 0 Å². The molecule has 1 atom stereocenters. The number of H-pyrrole nitrogens is 1. The number of amides is 1. The van der Waals surface area contributed by atoms with Crippen molar-refractivity contribution in [2.75, 3.05) is 26.7 Å². The van der Waals surface area contributed by atoms with Crippen molar-refractivity contribution in [3.8, 4) is 11.3 Å². The van der Waals surface area contributed by atoms with Gasteiger partial charge in [-0.1, -0.05) is 35.5 Å². The molecule has 1 aromatic carbocycles. The summed E-state index contributed by atoms with van der Waals surface area (Å²) >= 11 is 0. The van der Waals surface area contributed by atoms with E-state index in [-0.39, 0.29) is 18.5 Å². The molecule has 0 spiro atoms. The monoisotopic (exact) mass is 351 g/mol. The summed E-state index contributed by atoms with van der Waals surface area (Å²) in [6, 6.07) is 9.95. The lowest BCUT2D eigenvalue weighted by molar-refractivity contribution is -0.137. The number of imidazole rings is 1. The molecule has 1 fully saturated rings. The van der Waals surface area contributed by atoms with Crippen molar-refractivity contribution in [3.05, 3.63) is 54.7 Å². The molecule has 0 radical (unpaired) electrons. The maximum atomic E-state index is 12.8. The van der Waals surface area contributed by atoms with Crippen molar-refractivity contribution >= 4 is 5.91 Å². The zero-order valence-corrected chi connectivity index (χ0v) is 14.6. The van der Waals surface area contributed by atoms with Crippen molar-refractivity contribution in [1.82, 2.24) is 34.8 Å². The SMILES string of the molecule is CN1CCN(C(=O)Cn2ccnn2)C(c2ncc(-c3ccccc3)[nH]2)C1. The van der Waals surface area contributed by atoms with E-state index in [0.29, 0.717) is 6.54 Å². The molecule has 4 rings (SSSR count). The third kappa shape index (κ3) is 3.36. The van der Waals surface area contributed by atoms with Gasteiger partial charge in [-0.05, 0) is 12.6 Å². The Balaban J connectivity index is 1.57. The van der Waals surface area contributed by atoms with Crippen LogP contribution >= 0.6 is 0 Å². The summed E-state index contributed by atoms with van der Waals surface area (Å²) < 4.78 is 1.55. The van der Waals surface area contributed by atoms with Gasteiger partial charge < -0.3 is 14.8 Å². The Hall–Kier alpha value is -3.00. The number of rotatable bonds is 4. The Morgan fingerprint density at radius 3 is 2.88 bits per heavy atom. The van der Waals surface area contributed by atoms with Crippen molar-refractivity contribution in [3.63, 3.8) is 0 Å². The average Bonchev–Trinajstić information content (AvgIpc) is 3.34. The zero-order valence-electron chi connectivity index (χ0n) is 14.6. The summed E-state index contributed by atoms with van der Waals surface area (Å²) in [7, 11) is 2.06. The molecule has 134 valence electrons. The molecule has 1 N–H and O–H groups in total. The van der Waals surface area contributed by atoms with Gasteiger partial charge >= 0.3 is 0 Å². The normalized spacial score (nSPS) is 18.2. The van der Waals surface area contributed by atoms with E-state index < -0.39 is 0 Å². The predicted octanol–water partition coefficient (Wildman–Crippen LogP) is 1.18. The number of nitrogens with one attached hydrogen (secondary N) is 1. The zero-order chi connectivity index (χ0) is 17.9. The van der Waals surface area contributed by atoms with Crippen LogP contribution in [-0.4, -0.2) is 67.4 Å². The van der Waals surface area contributed by atoms with E-state index in [4.69, 9.17) is 0 Å². The Kier molecular flexibility index (Phi) is 4.49. The van der Waals surface area contributed by atoms with E-state index in [1.165, 1.54) is 0 Å². The van der Waals surface area contributed by atoms with Gasteiger partial charge in [-0.2, -0.15) is 0 Å². The largest absolute Gasteiger partial charge is 0.340 e. The molecule has 8 nitrogen and oxygen atoms in total. The van der Waals surface area contributed by atoms with Gasteiger partial charge in [-0.15, -0.1) is 5.10 Å². The number of benzene rings is 1. The quantitative estimate of drug-likeness (QED) is 0.763. The molecule has 3 heterocycles. The first-order valence-electron chi connectivity index (χ1n) is 8.63. The van der Waals surface area contributed by atoms with Gasteiger partial charge in [0.15, 0.2) is 0 Å². The van der Waals surface area contributed by atoms with E-state index in [0.717, 1.165) is 30.2 Å². The number of carbonyl (C=O) groups is 1. The number of hydrogen-bond donors (Lipinski definition) is 1. The van der Waals surface area contributed by atoms with Crippen LogP contribution < -0.4 is 0 Å². The summed E-state index contributed by atoms with van der Waals surface area (Å²) in [5.74, 6) is 0.827. The van der Waals surface area contributed by atoms with E-state index in [9.17, 15) is 4.79 Å². The maximum absolute atomic E-state index is 12.8. The van der Waals surface area contributed by atoms with Crippen LogP contribution in [0.4, 0.5) is 0 Å². The first-order chi connectivity index (χ1) is 12.7. The van der Waals surface area contributed by atoms with Gasteiger partial charge in [0.2, 0.25) is 5.91 Å². The van der Waals surface area contributed by atoms with Crippen LogP contribution in [0, 0.1) is 0 Å². The third-order valence-corrected chi connectivity index (χ3v) is 4.67. The molecule has 1 aliphatic rings. The van der Waals surface area contributed by atoms with Crippen molar-refractivity contribution < 1.29 is 4.79 Å². The van der Waals surface area contributed by atoms with Crippen molar-refractivity contribution in [2.45, 2.75) is 12.6 Å². The number of hydrogen-bond acceptors (Lipinski definition) is 5. The Morgan fingerprint density at radius 2 is 2.12 bits per heavy atom. The fourth-order valence-electron chi connectivity index (χ4n) is 3.27. The third-order valence-electron chi connectivity index (χ3n) is 4.67. The molecule has 1 unspecified atom stereocenters. The lowest BCUT2D eigenvalue weighted by Crippen LogP contribution is -2.50. The number of aromatic amines is 1. The second-order valence-corrected chi connectivity index (χ2v) is 6.51. The highest BCUT2D eigenvalue weighted by atomic mass is 16.2. The smallest absolute Gasteiger partial charge is 0.245 e. The molecule has 3 aromatic rings. The summed E-state index contributed by atoms with van der Waals surface area (Å²) in [5.41, 5.74) is 2.04. The minimum Gasteiger partial charge on any atom is -0.340 e. The Bertz CT molecular complexity index is 859.